The molecule has 1 fully saturated rings. The number of likely N-dealkylation sites (tertiary alicyclic amines) is 1. The van der Waals surface area contributed by atoms with Gasteiger partial charge in [0.05, 0.1) is 13.1 Å². The Morgan fingerprint density at radius 3 is 2.41 bits per heavy atom. The molecule has 7 heteroatoms. The highest BCUT2D eigenvalue weighted by Crippen LogP contribution is 2.17. The summed E-state index contributed by atoms with van der Waals surface area (Å²) >= 11 is 0. The molecule has 2 aromatic heterocycles. The maximum atomic E-state index is 12.7. The van der Waals surface area contributed by atoms with E-state index in [0.717, 1.165) is 37.8 Å². The van der Waals surface area contributed by atoms with E-state index in [0.29, 0.717) is 17.7 Å². The average Bonchev–Trinajstić information content (AvgIpc) is 3.11. The summed E-state index contributed by atoms with van der Waals surface area (Å²) in [5, 5.41) is 0. The molecule has 1 aromatic carbocycles. The first-order chi connectivity index (χ1) is 14.0. The molecule has 0 bridgehead atoms. The van der Waals surface area contributed by atoms with Crippen LogP contribution in [0.3, 0.4) is 0 Å². The van der Waals surface area contributed by atoms with Crippen molar-refractivity contribution in [2.24, 2.45) is 20.0 Å². The van der Waals surface area contributed by atoms with Gasteiger partial charge in [-0.05, 0) is 37.7 Å². The zero-order valence-corrected chi connectivity index (χ0v) is 17.5. The van der Waals surface area contributed by atoms with Crippen molar-refractivity contribution in [1.29, 1.82) is 0 Å². The second-order valence-corrected chi connectivity index (χ2v) is 8.21. The molecule has 0 radical (unpaired) electrons. The van der Waals surface area contributed by atoms with Gasteiger partial charge in [0.2, 0.25) is 0 Å². The first-order valence-corrected chi connectivity index (χ1v) is 10.5. The number of quaternary nitrogens is 1. The number of aryl methyl sites for hydroxylation is 2. The van der Waals surface area contributed by atoms with Gasteiger partial charge in [0, 0.05) is 20.6 Å². The fourth-order valence-electron chi connectivity index (χ4n) is 4.60. The lowest BCUT2D eigenvalue weighted by Crippen LogP contribution is -3.11. The minimum Gasteiger partial charge on any atom is -0.329 e. The quantitative estimate of drug-likeness (QED) is 0.683. The van der Waals surface area contributed by atoms with E-state index < -0.39 is 0 Å². The summed E-state index contributed by atoms with van der Waals surface area (Å²) < 4.78 is 4.63. The van der Waals surface area contributed by atoms with E-state index in [1.165, 1.54) is 39.5 Å². The molecule has 0 atom stereocenters. The van der Waals surface area contributed by atoms with Gasteiger partial charge in [-0.25, -0.2) is 9.78 Å². The highest BCUT2D eigenvalue weighted by atomic mass is 16.2. The Morgan fingerprint density at radius 2 is 1.76 bits per heavy atom. The summed E-state index contributed by atoms with van der Waals surface area (Å²) in [4.78, 5) is 31.2. The Balaban J connectivity index is 1.52. The molecule has 1 aliphatic heterocycles. The van der Waals surface area contributed by atoms with Crippen LogP contribution < -0.4 is 16.1 Å². The van der Waals surface area contributed by atoms with Crippen LogP contribution in [0.4, 0.5) is 0 Å². The number of nitrogens with zero attached hydrogens (tertiary/aromatic N) is 4. The van der Waals surface area contributed by atoms with Gasteiger partial charge in [-0.1, -0.05) is 30.3 Å². The van der Waals surface area contributed by atoms with Gasteiger partial charge in [0.15, 0.2) is 17.0 Å². The van der Waals surface area contributed by atoms with E-state index in [9.17, 15) is 9.59 Å². The predicted octanol–water partition coefficient (Wildman–Crippen LogP) is 0.491. The maximum Gasteiger partial charge on any atom is 0.332 e. The lowest BCUT2D eigenvalue weighted by atomic mass is 9.90. The van der Waals surface area contributed by atoms with Crippen LogP contribution in [0.1, 0.15) is 31.2 Å². The molecule has 3 heterocycles. The molecule has 0 unspecified atom stereocenters. The Hall–Kier alpha value is -2.67. The van der Waals surface area contributed by atoms with Crippen LogP contribution in [-0.4, -0.2) is 31.8 Å². The Labute approximate surface area is 170 Å². The SMILES string of the molecule is CCn1c(C[NH+]2CCC(Cc3ccccc3)CC2)nc2c1c(=O)n(C)c(=O)n2C. The molecular weight excluding hydrogens is 366 g/mol. The topological polar surface area (TPSA) is 66.3 Å². The number of nitrogens with one attached hydrogen (secondary N) is 1. The minimum atomic E-state index is -0.330. The molecule has 4 rings (SSSR count). The van der Waals surface area contributed by atoms with Crippen LogP contribution >= 0.6 is 0 Å². The lowest BCUT2D eigenvalue weighted by molar-refractivity contribution is -0.920. The van der Waals surface area contributed by atoms with Crippen LogP contribution in [-0.2, 0) is 33.6 Å². The van der Waals surface area contributed by atoms with Crippen LogP contribution in [0, 0.1) is 5.92 Å². The van der Waals surface area contributed by atoms with Crippen molar-refractivity contribution < 1.29 is 4.90 Å². The molecule has 154 valence electrons. The Morgan fingerprint density at radius 1 is 1.07 bits per heavy atom. The van der Waals surface area contributed by atoms with Crippen molar-refractivity contribution >= 4 is 11.2 Å². The third-order valence-electron chi connectivity index (χ3n) is 6.33. The summed E-state index contributed by atoms with van der Waals surface area (Å²) in [5.74, 6) is 1.64. The molecular formula is C22H30N5O2+. The van der Waals surface area contributed by atoms with Crippen molar-refractivity contribution in [3.05, 3.63) is 62.6 Å². The smallest absolute Gasteiger partial charge is 0.329 e. The number of piperidine rings is 1. The largest absolute Gasteiger partial charge is 0.332 e. The number of rotatable bonds is 5. The molecule has 7 nitrogen and oxygen atoms in total. The average molecular weight is 397 g/mol. The van der Waals surface area contributed by atoms with Gasteiger partial charge in [-0.15, -0.1) is 0 Å². The van der Waals surface area contributed by atoms with Crippen molar-refractivity contribution in [3.8, 4) is 0 Å². The fraction of sp³-hybridized carbons (Fsp3) is 0.500. The number of benzene rings is 1. The van der Waals surface area contributed by atoms with Gasteiger partial charge >= 0.3 is 5.69 Å². The number of imidazole rings is 1. The molecule has 3 aromatic rings. The molecule has 0 saturated carbocycles. The second kappa shape index (κ2) is 7.99. The van der Waals surface area contributed by atoms with E-state index in [4.69, 9.17) is 4.98 Å². The van der Waals surface area contributed by atoms with Gasteiger partial charge in [-0.2, -0.15) is 0 Å². The number of aromatic nitrogens is 4. The zero-order chi connectivity index (χ0) is 20.5. The highest BCUT2D eigenvalue weighted by Gasteiger charge is 2.25. The van der Waals surface area contributed by atoms with Crippen molar-refractivity contribution in [3.63, 3.8) is 0 Å². The third-order valence-corrected chi connectivity index (χ3v) is 6.33. The molecule has 1 saturated heterocycles. The molecule has 1 aliphatic rings. The molecule has 29 heavy (non-hydrogen) atoms. The second-order valence-electron chi connectivity index (χ2n) is 8.21. The van der Waals surface area contributed by atoms with E-state index in [2.05, 4.69) is 30.3 Å². The van der Waals surface area contributed by atoms with E-state index >= 15 is 0 Å². The molecule has 0 aliphatic carbocycles. The fourth-order valence-corrected chi connectivity index (χ4v) is 4.60. The first kappa shape index (κ1) is 19.6. The minimum absolute atomic E-state index is 0.264. The highest BCUT2D eigenvalue weighted by molar-refractivity contribution is 5.71. The maximum absolute atomic E-state index is 12.7. The summed E-state index contributed by atoms with van der Waals surface area (Å²) in [5.41, 5.74) is 1.86. The lowest BCUT2D eigenvalue weighted by Gasteiger charge is -2.29. The van der Waals surface area contributed by atoms with Crippen LogP contribution in [0.25, 0.3) is 11.2 Å². The predicted molar refractivity (Wildman–Crippen MR) is 113 cm³/mol. The number of fused-ring (bicyclic) bond motifs is 1. The van der Waals surface area contributed by atoms with E-state index in [1.807, 2.05) is 11.5 Å². The standard InChI is InChI=1S/C22H29N5O2/c1-4-27-18(23-20-19(27)21(28)25(3)22(29)24(20)2)15-26-12-10-17(11-13-26)14-16-8-6-5-7-9-16/h5-9,17H,4,10-15H2,1-3H3/p+1. The van der Waals surface area contributed by atoms with Gasteiger partial charge in [-0.3, -0.25) is 13.9 Å². The summed E-state index contributed by atoms with van der Waals surface area (Å²) in [6.07, 6.45) is 3.56. The van der Waals surface area contributed by atoms with Crippen molar-refractivity contribution in [2.45, 2.75) is 39.3 Å². The number of hydrogen-bond donors (Lipinski definition) is 1. The van der Waals surface area contributed by atoms with E-state index in [-0.39, 0.29) is 11.2 Å². The van der Waals surface area contributed by atoms with Crippen LogP contribution in [0.5, 0.6) is 0 Å². The van der Waals surface area contributed by atoms with Crippen molar-refractivity contribution in [1.82, 2.24) is 18.7 Å². The molecule has 1 N–H and O–H groups in total. The Kier molecular flexibility index (Phi) is 5.41. The summed E-state index contributed by atoms with van der Waals surface area (Å²) in [6, 6.07) is 10.7. The van der Waals surface area contributed by atoms with Gasteiger partial charge in [0.1, 0.15) is 6.54 Å². The van der Waals surface area contributed by atoms with Crippen molar-refractivity contribution in [2.75, 3.05) is 13.1 Å². The van der Waals surface area contributed by atoms with Crippen LogP contribution in [0.15, 0.2) is 39.9 Å². The Bertz CT molecular complexity index is 1120. The van der Waals surface area contributed by atoms with E-state index in [1.54, 1.807) is 7.05 Å². The van der Waals surface area contributed by atoms with Gasteiger partial charge < -0.3 is 9.47 Å². The number of hydrogen-bond acceptors (Lipinski definition) is 3. The third kappa shape index (κ3) is 3.67. The summed E-state index contributed by atoms with van der Waals surface area (Å²) in [6.45, 7) is 5.71. The monoisotopic (exact) mass is 396 g/mol. The van der Waals surface area contributed by atoms with Crippen LogP contribution in [0.2, 0.25) is 0 Å². The molecule has 0 spiro atoms. The van der Waals surface area contributed by atoms with Gasteiger partial charge in [0.25, 0.3) is 5.56 Å². The summed E-state index contributed by atoms with van der Waals surface area (Å²) in [7, 11) is 3.21. The molecule has 0 amide bonds. The first-order valence-electron chi connectivity index (χ1n) is 10.5. The normalized spacial score (nSPS) is 19.7. The zero-order valence-electron chi connectivity index (χ0n) is 17.5.